The monoisotopic (exact) mass is 194 g/mol. The van der Waals surface area contributed by atoms with Crippen molar-refractivity contribution in [1.82, 2.24) is 0 Å². The average Bonchev–Trinajstić information content (AvgIpc) is 2.18. The van der Waals surface area contributed by atoms with Crippen molar-refractivity contribution in [2.24, 2.45) is 0 Å². The first-order valence-electron chi connectivity index (χ1n) is 4.75. The lowest BCUT2D eigenvalue weighted by atomic mass is 10.4. The predicted octanol–water partition coefficient (Wildman–Crippen LogP) is 1.98. The van der Waals surface area contributed by atoms with Gasteiger partial charge in [0.05, 0.1) is 8.07 Å². The lowest BCUT2D eigenvalue weighted by Gasteiger charge is -2.28. The van der Waals surface area contributed by atoms with E-state index in [0.29, 0.717) is 12.1 Å². The van der Waals surface area contributed by atoms with Crippen molar-refractivity contribution in [3.05, 3.63) is 30.3 Å². The zero-order valence-corrected chi connectivity index (χ0v) is 9.62. The SMILES string of the molecule is CC(CO)[Si](C)(C)c1ccccc1. The minimum atomic E-state index is -1.43. The van der Waals surface area contributed by atoms with Gasteiger partial charge in [0.2, 0.25) is 0 Å². The van der Waals surface area contributed by atoms with Crippen molar-refractivity contribution in [3.8, 4) is 0 Å². The van der Waals surface area contributed by atoms with Crippen LogP contribution in [0.3, 0.4) is 0 Å². The maximum absolute atomic E-state index is 9.17. The van der Waals surface area contributed by atoms with Crippen molar-refractivity contribution in [2.75, 3.05) is 6.61 Å². The van der Waals surface area contributed by atoms with E-state index in [1.54, 1.807) is 0 Å². The van der Waals surface area contributed by atoms with E-state index in [9.17, 15) is 0 Å². The Morgan fingerprint density at radius 3 is 2.23 bits per heavy atom. The summed E-state index contributed by atoms with van der Waals surface area (Å²) in [5, 5.41) is 10.6. The molecule has 1 rings (SSSR count). The van der Waals surface area contributed by atoms with Crippen molar-refractivity contribution in [2.45, 2.75) is 25.6 Å². The van der Waals surface area contributed by atoms with Crippen molar-refractivity contribution in [3.63, 3.8) is 0 Å². The molecule has 1 aromatic rings. The minimum Gasteiger partial charge on any atom is -0.396 e. The number of aliphatic hydroxyl groups excluding tert-OH is 1. The molecule has 0 saturated heterocycles. The van der Waals surface area contributed by atoms with E-state index >= 15 is 0 Å². The van der Waals surface area contributed by atoms with Crippen LogP contribution in [0.2, 0.25) is 18.6 Å². The molecule has 0 fully saturated rings. The second kappa shape index (κ2) is 4.07. The molecule has 0 saturated carbocycles. The second-order valence-electron chi connectivity index (χ2n) is 4.17. The number of aliphatic hydroxyl groups is 1. The lowest BCUT2D eigenvalue weighted by Crippen LogP contribution is -2.46. The summed E-state index contributed by atoms with van der Waals surface area (Å²) in [6.45, 7) is 7.06. The van der Waals surface area contributed by atoms with Crippen LogP contribution in [0, 0.1) is 0 Å². The molecule has 0 aliphatic carbocycles. The average molecular weight is 194 g/mol. The van der Waals surface area contributed by atoms with Gasteiger partial charge in [-0.15, -0.1) is 0 Å². The fraction of sp³-hybridized carbons (Fsp3) is 0.455. The van der Waals surface area contributed by atoms with Gasteiger partial charge in [-0.2, -0.15) is 0 Å². The number of hydrogen-bond donors (Lipinski definition) is 1. The largest absolute Gasteiger partial charge is 0.396 e. The van der Waals surface area contributed by atoms with Crippen LogP contribution in [0.25, 0.3) is 0 Å². The molecule has 1 nitrogen and oxygen atoms in total. The van der Waals surface area contributed by atoms with Crippen molar-refractivity contribution < 1.29 is 5.11 Å². The fourth-order valence-corrected chi connectivity index (χ4v) is 3.46. The molecule has 13 heavy (non-hydrogen) atoms. The van der Waals surface area contributed by atoms with E-state index in [1.165, 1.54) is 5.19 Å². The lowest BCUT2D eigenvalue weighted by molar-refractivity contribution is 0.292. The summed E-state index contributed by atoms with van der Waals surface area (Å²) in [4.78, 5) is 0. The summed E-state index contributed by atoms with van der Waals surface area (Å²) < 4.78 is 0. The Bertz CT molecular complexity index is 256. The van der Waals surface area contributed by atoms with Gasteiger partial charge in [-0.25, -0.2) is 0 Å². The zero-order valence-electron chi connectivity index (χ0n) is 8.62. The van der Waals surface area contributed by atoms with Gasteiger partial charge in [-0.1, -0.05) is 55.5 Å². The van der Waals surface area contributed by atoms with Gasteiger partial charge < -0.3 is 5.11 Å². The topological polar surface area (TPSA) is 20.2 Å². The first-order chi connectivity index (χ1) is 6.09. The summed E-state index contributed by atoms with van der Waals surface area (Å²) in [5.74, 6) is 0. The Hall–Kier alpha value is -0.603. The van der Waals surface area contributed by atoms with Gasteiger partial charge >= 0.3 is 0 Å². The third-order valence-electron chi connectivity index (χ3n) is 3.02. The highest BCUT2D eigenvalue weighted by Gasteiger charge is 2.29. The standard InChI is InChI=1S/C11H18OSi/c1-10(9-12)13(2,3)11-7-5-4-6-8-11/h4-8,10,12H,9H2,1-3H3. The Labute approximate surface area is 81.4 Å². The molecular weight excluding hydrogens is 176 g/mol. The molecule has 0 amide bonds. The molecule has 1 atom stereocenters. The Kier molecular flexibility index (Phi) is 3.28. The highest BCUT2D eigenvalue weighted by Crippen LogP contribution is 2.19. The zero-order chi connectivity index (χ0) is 9.90. The smallest absolute Gasteiger partial charge is 0.0856 e. The van der Waals surface area contributed by atoms with Gasteiger partial charge in [0.1, 0.15) is 0 Å². The van der Waals surface area contributed by atoms with Gasteiger partial charge in [-0.05, 0) is 5.54 Å². The van der Waals surface area contributed by atoms with Crippen LogP contribution in [0.15, 0.2) is 30.3 Å². The maximum atomic E-state index is 9.17. The summed E-state index contributed by atoms with van der Waals surface area (Å²) in [6.07, 6.45) is 0. The summed E-state index contributed by atoms with van der Waals surface area (Å²) in [5.41, 5.74) is 0.426. The van der Waals surface area contributed by atoms with Crippen LogP contribution in [0.5, 0.6) is 0 Å². The normalized spacial score (nSPS) is 14.2. The van der Waals surface area contributed by atoms with Gasteiger partial charge in [0, 0.05) is 6.61 Å². The first-order valence-corrected chi connectivity index (χ1v) is 7.83. The highest BCUT2D eigenvalue weighted by molar-refractivity contribution is 6.90. The molecule has 0 aromatic heterocycles. The quantitative estimate of drug-likeness (QED) is 0.730. The molecular formula is C11H18OSi. The van der Waals surface area contributed by atoms with E-state index in [4.69, 9.17) is 5.11 Å². The molecule has 0 aliphatic rings. The van der Waals surface area contributed by atoms with E-state index in [2.05, 4.69) is 44.3 Å². The molecule has 2 heteroatoms. The van der Waals surface area contributed by atoms with Gasteiger partial charge in [-0.3, -0.25) is 0 Å². The number of hydrogen-bond acceptors (Lipinski definition) is 1. The summed E-state index contributed by atoms with van der Waals surface area (Å²) in [6, 6.07) is 10.6. The van der Waals surface area contributed by atoms with Crippen LogP contribution < -0.4 is 5.19 Å². The molecule has 1 unspecified atom stereocenters. The molecule has 0 spiro atoms. The highest BCUT2D eigenvalue weighted by atomic mass is 28.3. The van der Waals surface area contributed by atoms with E-state index in [-0.39, 0.29) is 0 Å². The number of rotatable bonds is 3. The third-order valence-corrected chi connectivity index (χ3v) is 7.49. The van der Waals surface area contributed by atoms with Crippen molar-refractivity contribution >= 4 is 13.3 Å². The molecule has 1 aromatic carbocycles. The molecule has 0 bridgehead atoms. The number of benzene rings is 1. The van der Waals surface area contributed by atoms with Crippen molar-refractivity contribution in [1.29, 1.82) is 0 Å². The molecule has 72 valence electrons. The van der Waals surface area contributed by atoms with Crippen LogP contribution in [0.4, 0.5) is 0 Å². The third kappa shape index (κ3) is 2.20. The Morgan fingerprint density at radius 1 is 1.23 bits per heavy atom. The van der Waals surface area contributed by atoms with Crippen LogP contribution in [0.1, 0.15) is 6.92 Å². The van der Waals surface area contributed by atoms with Crippen LogP contribution >= 0.6 is 0 Å². The maximum Gasteiger partial charge on any atom is 0.0856 e. The summed E-state index contributed by atoms with van der Waals surface area (Å²) in [7, 11) is -1.43. The predicted molar refractivity (Wildman–Crippen MR) is 60.1 cm³/mol. The van der Waals surface area contributed by atoms with Crippen LogP contribution in [-0.4, -0.2) is 19.8 Å². The Balaban J connectivity index is 2.93. The second-order valence-corrected chi connectivity index (χ2v) is 9.18. The minimum absolute atomic E-state index is 0.300. The molecule has 1 N–H and O–H groups in total. The van der Waals surface area contributed by atoms with E-state index in [0.717, 1.165) is 0 Å². The van der Waals surface area contributed by atoms with Crippen LogP contribution in [-0.2, 0) is 0 Å². The fourth-order valence-electron chi connectivity index (χ4n) is 1.38. The Morgan fingerprint density at radius 2 is 1.77 bits per heavy atom. The molecule has 0 radical (unpaired) electrons. The van der Waals surface area contributed by atoms with E-state index in [1.807, 2.05) is 6.07 Å². The summed E-state index contributed by atoms with van der Waals surface area (Å²) >= 11 is 0. The van der Waals surface area contributed by atoms with Gasteiger partial charge in [0.15, 0.2) is 0 Å². The van der Waals surface area contributed by atoms with E-state index < -0.39 is 8.07 Å². The molecule has 0 aliphatic heterocycles. The first kappa shape index (κ1) is 10.5. The van der Waals surface area contributed by atoms with Gasteiger partial charge in [0.25, 0.3) is 0 Å². The molecule has 0 heterocycles.